The molecular formula is C7H16Cl2O2Si. The molecule has 0 aliphatic rings. The van der Waals surface area contributed by atoms with Crippen LogP contribution in [0.4, 0.5) is 0 Å². The topological polar surface area (TPSA) is 18.5 Å². The zero-order valence-corrected chi connectivity index (χ0v) is 10.2. The van der Waals surface area contributed by atoms with Gasteiger partial charge in [0.15, 0.2) is 0 Å². The molecule has 0 aliphatic carbocycles. The minimum Gasteiger partial charge on any atom is -0.397 e. The third-order valence-corrected chi connectivity index (χ3v) is 4.85. The van der Waals surface area contributed by atoms with E-state index in [1.54, 1.807) is 0 Å². The van der Waals surface area contributed by atoms with Crippen molar-refractivity contribution in [2.45, 2.75) is 25.3 Å². The number of alkyl halides is 2. The number of rotatable bonds is 7. The molecule has 1 unspecified atom stereocenters. The van der Waals surface area contributed by atoms with Crippen LogP contribution in [0.5, 0.6) is 0 Å². The maximum absolute atomic E-state index is 5.87. The summed E-state index contributed by atoms with van der Waals surface area (Å²) in [6, 6.07) is 0.784. The first-order chi connectivity index (χ1) is 5.74. The van der Waals surface area contributed by atoms with Crippen LogP contribution >= 0.6 is 23.2 Å². The molecular weight excluding hydrogens is 215 g/mol. The number of hydrogen-bond donors (Lipinski definition) is 0. The van der Waals surface area contributed by atoms with Crippen molar-refractivity contribution in [3.8, 4) is 0 Å². The van der Waals surface area contributed by atoms with Gasteiger partial charge in [0.05, 0.1) is 0 Å². The zero-order chi connectivity index (χ0) is 9.40. The van der Waals surface area contributed by atoms with E-state index < -0.39 is 9.28 Å². The van der Waals surface area contributed by atoms with Crippen molar-refractivity contribution in [1.82, 2.24) is 0 Å². The summed E-state index contributed by atoms with van der Waals surface area (Å²) in [5.74, 6) is 0.463. The van der Waals surface area contributed by atoms with Gasteiger partial charge < -0.3 is 8.85 Å². The molecule has 5 heteroatoms. The van der Waals surface area contributed by atoms with Crippen LogP contribution in [0.3, 0.4) is 0 Å². The number of hydrogen-bond acceptors (Lipinski definition) is 2. The summed E-state index contributed by atoms with van der Waals surface area (Å²) >= 11 is 11.4. The van der Waals surface area contributed by atoms with E-state index in [2.05, 4.69) is 0 Å². The molecule has 0 heterocycles. The van der Waals surface area contributed by atoms with Gasteiger partial charge in [0.2, 0.25) is 0 Å². The third kappa shape index (κ3) is 6.26. The lowest BCUT2D eigenvalue weighted by Crippen LogP contribution is -2.26. The largest absolute Gasteiger partial charge is 0.397 e. The van der Waals surface area contributed by atoms with Crippen LogP contribution in [0.2, 0.25) is 6.04 Å². The fourth-order valence-corrected chi connectivity index (χ4v) is 3.30. The van der Waals surface area contributed by atoms with Gasteiger partial charge in [0.1, 0.15) is 0 Å². The van der Waals surface area contributed by atoms with Crippen molar-refractivity contribution in [3.63, 3.8) is 0 Å². The molecule has 0 bridgehead atoms. The molecule has 0 amide bonds. The Balaban J connectivity index is 3.61. The molecule has 0 aromatic rings. The minimum atomic E-state index is -1.53. The molecule has 0 aliphatic heterocycles. The smallest absolute Gasteiger partial charge is 0.322 e. The Labute approximate surface area is 86.0 Å². The summed E-state index contributed by atoms with van der Waals surface area (Å²) in [6.45, 7) is 5.32. The molecule has 74 valence electrons. The van der Waals surface area contributed by atoms with Crippen LogP contribution < -0.4 is 0 Å². The third-order valence-electron chi connectivity index (χ3n) is 1.32. The normalized spacial score (nSPS) is 13.8. The van der Waals surface area contributed by atoms with Gasteiger partial charge in [-0.3, -0.25) is 0 Å². The standard InChI is InChI=1S/C7H16Cl2O2Si/c1-3-10-12(11-4-2)6-7(9)5-8/h7,12H,3-6H2,1-2H3. The highest BCUT2D eigenvalue weighted by Crippen LogP contribution is 2.10. The molecule has 0 saturated heterocycles. The fraction of sp³-hybridized carbons (Fsp3) is 1.00. The first-order valence-electron chi connectivity index (χ1n) is 4.17. The Morgan fingerprint density at radius 2 is 1.75 bits per heavy atom. The summed E-state index contributed by atoms with van der Waals surface area (Å²) in [5, 5.41) is -0.0126. The highest BCUT2D eigenvalue weighted by atomic mass is 35.5. The van der Waals surface area contributed by atoms with E-state index in [4.69, 9.17) is 32.1 Å². The summed E-state index contributed by atoms with van der Waals surface area (Å²) in [6.07, 6.45) is 0. The van der Waals surface area contributed by atoms with Crippen LogP contribution in [0.1, 0.15) is 13.8 Å². The lowest BCUT2D eigenvalue weighted by molar-refractivity contribution is 0.213. The van der Waals surface area contributed by atoms with Crippen molar-refractivity contribution < 1.29 is 8.85 Å². The Morgan fingerprint density at radius 1 is 1.25 bits per heavy atom. The lowest BCUT2D eigenvalue weighted by atomic mass is 10.6. The van der Waals surface area contributed by atoms with Gasteiger partial charge in [-0.05, 0) is 13.8 Å². The second kappa shape index (κ2) is 8.32. The predicted octanol–water partition coefficient (Wildman–Crippen LogP) is 2.13. The van der Waals surface area contributed by atoms with Gasteiger partial charge in [0.25, 0.3) is 0 Å². The van der Waals surface area contributed by atoms with Crippen LogP contribution in [0.25, 0.3) is 0 Å². The van der Waals surface area contributed by atoms with Crippen LogP contribution in [-0.4, -0.2) is 33.8 Å². The molecule has 1 atom stereocenters. The highest BCUT2D eigenvalue weighted by Gasteiger charge is 2.17. The van der Waals surface area contributed by atoms with Gasteiger partial charge in [-0.25, -0.2) is 0 Å². The van der Waals surface area contributed by atoms with E-state index in [0.29, 0.717) is 19.1 Å². The molecule has 0 radical (unpaired) electrons. The first kappa shape index (κ1) is 12.7. The van der Waals surface area contributed by atoms with Gasteiger partial charge in [-0.1, -0.05) is 0 Å². The first-order valence-corrected chi connectivity index (χ1v) is 6.90. The van der Waals surface area contributed by atoms with E-state index in [9.17, 15) is 0 Å². The van der Waals surface area contributed by atoms with Crippen molar-refractivity contribution in [3.05, 3.63) is 0 Å². The molecule has 0 fully saturated rings. The summed E-state index contributed by atoms with van der Waals surface area (Å²) in [5.41, 5.74) is 0. The summed E-state index contributed by atoms with van der Waals surface area (Å²) in [7, 11) is -1.53. The van der Waals surface area contributed by atoms with Gasteiger partial charge in [-0.2, -0.15) is 0 Å². The number of halogens is 2. The van der Waals surface area contributed by atoms with Crippen molar-refractivity contribution in [2.75, 3.05) is 19.1 Å². The molecule has 0 aromatic heterocycles. The van der Waals surface area contributed by atoms with Crippen molar-refractivity contribution in [2.24, 2.45) is 0 Å². The molecule has 0 saturated carbocycles. The Kier molecular flexibility index (Phi) is 8.82. The maximum Gasteiger partial charge on any atom is 0.322 e. The van der Waals surface area contributed by atoms with Crippen LogP contribution in [0.15, 0.2) is 0 Å². The molecule has 0 spiro atoms. The highest BCUT2D eigenvalue weighted by molar-refractivity contribution is 6.47. The molecule has 0 rings (SSSR count). The Morgan fingerprint density at radius 3 is 2.08 bits per heavy atom. The second-order valence-electron chi connectivity index (χ2n) is 2.33. The zero-order valence-electron chi connectivity index (χ0n) is 7.56. The van der Waals surface area contributed by atoms with E-state index in [0.717, 1.165) is 6.04 Å². The SMILES string of the molecule is CCO[SiH](CC(Cl)CCl)OCC. The average molecular weight is 231 g/mol. The predicted molar refractivity (Wildman–Crippen MR) is 55.6 cm³/mol. The summed E-state index contributed by atoms with van der Waals surface area (Å²) < 4.78 is 10.9. The van der Waals surface area contributed by atoms with Crippen LogP contribution in [0, 0.1) is 0 Å². The molecule has 0 aromatic carbocycles. The molecule has 0 N–H and O–H groups in total. The van der Waals surface area contributed by atoms with Crippen molar-refractivity contribution >= 4 is 32.5 Å². The van der Waals surface area contributed by atoms with Gasteiger partial charge in [-0.15, -0.1) is 23.2 Å². The monoisotopic (exact) mass is 230 g/mol. The second-order valence-corrected chi connectivity index (χ2v) is 5.25. The Hall–Kier alpha value is 0.717. The summed E-state index contributed by atoms with van der Waals surface area (Å²) in [4.78, 5) is 0. The average Bonchev–Trinajstić information content (AvgIpc) is 2.05. The van der Waals surface area contributed by atoms with E-state index in [1.165, 1.54) is 0 Å². The van der Waals surface area contributed by atoms with E-state index in [-0.39, 0.29) is 5.38 Å². The fourth-order valence-electron chi connectivity index (χ4n) is 0.828. The van der Waals surface area contributed by atoms with E-state index in [1.807, 2.05) is 13.8 Å². The minimum absolute atomic E-state index is 0.0126. The quantitative estimate of drug-likeness (QED) is 0.493. The van der Waals surface area contributed by atoms with Crippen molar-refractivity contribution in [1.29, 1.82) is 0 Å². The van der Waals surface area contributed by atoms with E-state index >= 15 is 0 Å². The van der Waals surface area contributed by atoms with Gasteiger partial charge >= 0.3 is 9.28 Å². The van der Waals surface area contributed by atoms with Crippen LogP contribution in [-0.2, 0) is 8.85 Å². The maximum atomic E-state index is 5.87. The Bertz CT molecular complexity index is 99.4. The molecule has 2 nitrogen and oxygen atoms in total. The van der Waals surface area contributed by atoms with Gasteiger partial charge in [0, 0.05) is 30.5 Å². The lowest BCUT2D eigenvalue weighted by Gasteiger charge is -2.16. The molecule has 12 heavy (non-hydrogen) atoms.